The van der Waals surface area contributed by atoms with Crippen LogP contribution in [0.5, 0.6) is 5.75 Å². The quantitative estimate of drug-likeness (QED) is 0.766. The fraction of sp³-hybridized carbons (Fsp3) is 0.111. The molecular weight excluding hydrogens is 343 g/mol. The van der Waals surface area contributed by atoms with Crippen LogP contribution in [0.25, 0.3) is 5.70 Å². The van der Waals surface area contributed by atoms with Crippen molar-refractivity contribution in [3.05, 3.63) is 76.8 Å². The van der Waals surface area contributed by atoms with Gasteiger partial charge in [-0.25, -0.2) is 9.07 Å². The molecule has 1 atom stereocenters. The Morgan fingerprint density at radius 3 is 2.88 bits per heavy atom. The zero-order valence-corrected chi connectivity index (χ0v) is 14.0. The summed E-state index contributed by atoms with van der Waals surface area (Å²) in [4.78, 5) is 4.21. The molecule has 0 saturated carbocycles. The molecule has 3 aromatic rings. The Labute approximate surface area is 148 Å². The predicted octanol–water partition coefficient (Wildman–Crippen LogP) is 4.14. The molecule has 0 aliphatic carbocycles. The van der Waals surface area contributed by atoms with Gasteiger partial charge in [0.15, 0.2) is 0 Å². The number of nitrogens with zero attached hydrogens (tertiary/aromatic N) is 3. The van der Waals surface area contributed by atoms with E-state index in [0.717, 1.165) is 17.0 Å². The second kappa shape index (κ2) is 6.22. The van der Waals surface area contributed by atoms with Crippen molar-refractivity contribution in [3.8, 4) is 5.75 Å². The first-order chi connectivity index (χ1) is 12.2. The Balaban J connectivity index is 1.86. The van der Waals surface area contributed by atoms with E-state index in [1.165, 1.54) is 12.4 Å². The first kappa shape index (κ1) is 15.7. The van der Waals surface area contributed by atoms with Crippen molar-refractivity contribution in [3.63, 3.8) is 0 Å². The minimum Gasteiger partial charge on any atom is -0.497 e. The average Bonchev–Trinajstić information content (AvgIpc) is 3.10. The molecule has 1 aliphatic rings. The summed E-state index contributed by atoms with van der Waals surface area (Å²) in [7, 11) is 1.61. The first-order valence-electron chi connectivity index (χ1n) is 7.64. The molecule has 2 heterocycles. The molecule has 0 fully saturated rings. The lowest BCUT2D eigenvalue weighted by Crippen LogP contribution is -2.21. The molecule has 1 aromatic heterocycles. The van der Waals surface area contributed by atoms with E-state index in [9.17, 15) is 4.39 Å². The number of fused-ring (bicyclic) bond motifs is 1. The molecule has 0 spiro atoms. The third-order valence-electron chi connectivity index (χ3n) is 4.08. The summed E-state index contributed by atoms with van der Waals surface area (Å²) in [6, 6.07) is 11.7. The third-order valence-corrected chi connectivity index (χ3v) is 4.41. The zero-order chi connectivity index (χ0) is 17.4. The Kier molecular flexibility index (Phi) is 3.89. The number of halogens is 2. The second-order valence-corrected chi connectivity index (χ2v) is 5.95. The molecule has 0 amide bonds. The molecule has 0 radical (unpaired) electrons. The van der Waals surface area contributed by atoms with Crippen LogP contribution in [-0.4, -0.2) is 21.9 Å². The molecule has 2 aromatic carbocycles. The summed E-state index contributed by atoms with van der Waals surface area (Å²) in [6.07, 6.45) is 3.30. The standard InChI is InChI=1S/C18H14ClFN4O/c1-25-12-5-2-4-11(8-12)15-9-16(24-18(23-15)21-10-22-24)17-13(19)6-3-7-14(17)20/h2-10,16H,1H3,(H,21,22,23)/t16-/m1/s1. The zero-order valence-electron chi connectivity index (χ0n) is 13.3. The molecular formula is C18H14ClFN4O. The van der Waals surface area contributed by atoms with Crippen molar-refractivity contribution in [1.29, 1.82) is 0 Å². The maximum atomic E-state index is 14.5. The van der Waals surface area contributed by atoms with Gasteiger partial charge in [-0.15, -0.1) is 0 Å². The lowest BCUT2D eigenvalue weighted by Gasteiger charge is -2.25. The molecule has 5 nitrogen and oxygen atoms in total. The van der Waals surface area contributed by atoms with Crippen LogP contribution in [0.4, 0.5) is 10.3 Å². The minimum absolute atomic E-state index is 0.342. The molecule has 0 unspecified atom stereocenters. The van der Waals surface area contributed by atoms with Gasteiger partial charge in [0, 0.05) is 21.8 Å². The van der Waals surface area contributed by atoms with Crippen LogP contribution in [-0.2, 0) is 0 Å². The van der Waals surface area contributed by atoms with Gasteiger partial charge in [-0.1, -0.05) is 29.8 Å². The number of rotatable bonds is 3. The fourth-order valence-corrected chi connectivity index (χ4v) is 3.17. The number of ether oxygens (including phenoxy) is 1. The predicted molar refractivity (Wildman–Crippen MR) is 94.2 cm³/mol. The van der Waals surface area contributed by atoms with E-state index < -0.39 is 6.04 Å². The van der Waals surface area contributed by atoms with Crippen LogP contribution < -0.4 is 10.1 Å². The smallest absolute Gasteiger partial charge is 0.226 e. The number of benzene rings is 2. The number of anilines is 1. The summed E-state index contributed by atoms with van der Waals surface area (Å²) in [5, 5.41) is 7.76. The molecule has 4 rings (SSSR count). The van der Waals surface area contributed by atoms with Gasteiger partial charge in [-0.3, -0.25) is 0 Å². The van der Waals surface area contributed by atoms with Crippen LogP contribution in [0.3, 0.4) is 0 Å². The van der Waals surface area contributed by atoms with Crippen LogP contribution in [0, 0.1) is 5.82 Å². The normalized spacial score (nSPS) is 16.0. The van der Waals surface area contributed by atoms with Crippen molar-refractivity contribution in [1.82, 2.24) is 14.8 Å². The van der Waals surface area contributed by atoms with E-state index in [4.69, 9.17) is 16.3 Å². The van der Waals surface area contributed by atoms with Gasteiger partial charge in [0.1, 0.15) is 23.9 Å². The number of hydrogen-bond donors (Lipinski definition) is 1. The monoisotopic (exact) mass is 356 g/mol. The largest absolute Gasteiger partial charge is 0.497 e. The summed E-state index contributed by atoms with van der Waals surface area (Å²) in [5.41, 5.74) is 2.03. The maximum absolute atomic E-state index is 14.5. The number of methoxy groups -OCH3 is 1. The van der Waals surface area contributed by atoms with Crippen molar-refractivity contribution in [2.75, 3.05) is 12.4 Å². The summed E-state index contributed by atoms with van der Waals surface area (Å²) in [6.45, 7) is 0. The minimum atomic E-state index is -0.506. The Morgan fingerprint density at radius 1 is 1.24 bits per heavy atom. The Bertz CT molecular complexity index is 949. The van der Waals surface area contributed by atoms with E-state index in [1.54, 1.807) is 23.9 Å². The van der Waals surface area contributed by atoms with Crippen LogP contribution >= 0.6 is 11.6 Å². The van der Waals surface area contributed by atoms with Crippen molar-refractivity contribution in [2.45, 2.75) is 6.04 Å². The molecule has 126 valence electrons. The van der Waals surface area contributed by atoms with Crippen LogP contribution in [0.2, 0.25) is 5.02 Å². The molecule has 0 saturated heterocycles. The Hall–Kier alpha value is -2.86. The van der Waals surface area contributed by atoms with Gasteiger partial charge >= 0.3 is 0 Å². The van der Waals surface area contributed by atoms with Gasteiger partial charge in [-0.05, 0) is 30.3 Å². The van der Waals surface area contributed by atoms with E-state index >= 15 is 0 Å². The highest BCUT2D eigenvalue weighted by Gasteiger charge is 2.27. The summed E-state index contributed by atoms with van der Waals surface area (Å²) < 4.78 is 21.4. The number of nitrogens with one attached hydrogen (secondary N) is 1. The van der Waals surface area contributed by atoms with E-state index in [2.05, 4.69) is 15.4 Å². The average molecular weight is 357 g/mol. The lowest BCUT2D eigenvalue weighted by atomic mass is 10.0. The second-order valence-electron chi connectivity index (χ2n) is 5.55. The van der Waals surface area contributed by atoms with Gasteiger partial charge in [0.2, 0.25) is 5.95 Å². The molecule has 1 aliphatic heterocycles. The third kappa shape index (κ3) is 2.74. The van der Waals surface area contributed by atoms with Gasteiger partial charge in [-0.2, -0.15) is 10.1 Å². The summed E-state index contributed by atoms with van der Waals surface area (Å²) in [5.74, 6) is 0.861. The Morgan fingerprint density at radius 2 is 2.08 bits per heavy atom. The molecule has 25 heavy (non-hydrogen) atoms. The van der Waals surface area contributed by atoms with E-state index in [0.29, 0.717) is 16.5 Å². The number of aromatic nitrogens is 3. The highest BCUT2D eigenvalue weighted by atomic mass is 35.5. The topological polar surface area (TPSA) is 52.0 Å². The van der Waals surface area contributed by atoms with Crippen LogP contribution in [0.15, 0.2) is 54.9 Å². The maximum Gasteiger partial charge on any atom is 0.226 e. The molecule has 7 heteroatoms. The summed E-state index contributed by atoms with van der Waals surface area (Å²) >= 11 is 6.27. The first-order valence-corrected chi connectivity index (χ1v) is 8.02. The fourth-order valence-electron chi connectivity index (χ4n) is 2.89. The van der Waals surface area contributed by atoms with E-state index in [-0.39, 0.29) is 5.82 Å². The van der Waals surface area contributed by atoms with Crippen molar-refractivity contribution >= 4 is 23.2 Å². The molecule has 1 N–H and O–H groups in total. The number of allylic oxidation sites excluding steroid dienone is 1. The molecule has 0 bridgehead atoms. The van der Waals surface area contributed by atoms with E-state index in [1.807, 2.05) is 30.3 Å². The van der Waals surface area contributed by atoms with Crippen molar-refractivity contribution in [2.24, 2.45) is 0 Å². The van der Waals surface area contributed by atoms with Crippen LogP contribution in [0.1, 0.15) is 17.2 Å². The lowest BCUT2D eigenvalue weighted by molar-refractivity contribution is 0.414. The number of hydrogen-bond acceptors (Lipinski definition) is 4. The van der Waals surface area contributed by atoms with Gasteiger partial charge < -0.3 is 10.1 Å². The highest BCUT2D eigenvalue weighted by Crippen LogP contribution is 2.36. The highest BCUT2D eigenvalue weighted by molar-refractivity contribution is 6.31. The SMILES string of the molecule is COc1cccc(C2=C[C@H](c3c(F)cccc3Cl)n3ncnc3N2)c1. The van der Waals surface area contributed by atoms with Gasteiger partial charge in [0.05, 0.1) is 7.11 Å². The van der Waals surface area contributed by atoms with Crippen molar-refractivity contribution < 1.29 is 9.13 Å². The van der Waals surface area contributed by atoms with Gasteiger partial charge in [0.25, 0.3) is 0 Å².